The third-order valence-corrected chi connectivity index (χ3v) is 8.59. The van der Waals surface area contributed by atoms with E-state index >= 15 is 0 Å². The molecule has 0 spiro atoms. The monoisotopic (exact) mass is 589 g/mol. The molecule has 46 heavy (non-hydrogen) atoms. The van der Waals surface area contributed by atoms with Gasteiger partial charge in [0.25, 0.3) is 0 Å². The van der Waals surface area contributed by atoms with Crippen molar-refractivity contribution in [1.82, 2.24) is 23.9 Å². The minimum atomic E-state index is 0.640. The number of pyridine rings is 1. The minimum Gasteiger partial charge on any atom is -0.302 e. The molecule has 9 aromatic rings. The lowest BCUT2D eigenvalue weighted by Crippen LogP contribution is -2.01. The van der Waals surface area contributed by atoms with Crippen molar-refractivity contribution in [2.75, 3.05) is 0 Å². The SMILES string of the molecule is c1ccc(-c2nc(-c3ccccc3)nc(-c3ccc(-n4c5ccccc5c5c(-c6ccccc6)c6ccccn6c54)cc3)n2)cc1. The highest BCUT2D eigenvalue weighted by Crippen LogP contribution is 2.42. The summed E-state index contributed by atoms with van der Waals surface area (Å²) in [6, 6.07) is 54.5. The largest absolute Gasteiger partial charge is 0.302 e. The van der Waals surface area contributed by atoms with Crippen LogP contribution >= 0.6 is 0 Å². The van der Waals surface area contributed by atoms with Crippen LogP contribution in [0.4, 0.5) is 0 Å². The molecule has 0 saturated heterocycles. The van der Waals surface area contributed by atoms with Crippen LogP contribution in [0.25, 0.3) is 78.4 Å². The van der Waals surface area contributed by atoms with Gasteiger partial charge in [-0.15, -0.1) is 0 Å². The Hall–Kier alpha value is -6.33. The zero-order valence-electron chi connectivity index (χ0n) is 24.8. The number of para-hydroxylation sites is 1. The molecule has 0 saturated carbocycles. The Bertz CT molecular complexity index is 2430. The van der Waals surface area contributed by atoms with E-state index in [9.17, 15) is 0 Å². The van der Waals surface area contributed by atoms with Gasteiger partial charge in [0.05, 0.1) is 11.0 Å². The molecular formula is C41H27N5. The molecule has 5 heteroatoms. The molecule has 0 atom stereocenters. The van der Waals surface area contributed by atoms with Crippen molar-refractivity contribution in [3.63, 3.8) is 0 Å². The number of aromatic nitrogens is 5. The summed E-state index contributed by atoms with van der Waals surface area (Å²) in [6.45, 7) is 0. The van der Waals surface area contributed by atoms with Crippen LogP contribution in [0.5, 0.6) is 0 Å². The van der Waals surface area contributed by atoms with E-state index in [1.807, 2.05) is 60.7 Å². The van der Waals surface area contributed by atoms with Gasteiger partial charge in [0, 0.05) is 44.9 Å². The number of hydrogen-bond acceptors (Lipinski definition) is 3. The predicted molar refractivity (Wildman–Crippen MR) is 187 cm³/mol. The Balaban J connectivity index is 1.24. The zero-order chi connectivity index (χ0) is 30.5. The molecule has 0 aliphatic carbocycles. The maximum absolute atomic E-state index is 4.94. The lowest BCUT2D eigenvalue weighted by atomic mass is 10.0. The maximum Gasteiger partial charge on any atom is 0.164 e. The molecule has 0 N–H and O–H groups in total. The summed E-state index contributed by atoms with van der Waals surface area (Å²) < 4.78 is 4.68. The number of nitrogens with zero attached hydrogens (tertiary/aromatic N) is 5. The molecular weight excluding hydrogens is 562 g/mol. The number of rotatable bonds is 5. The number of fused-ring (bicyclic) bond motifs is 5. The first-order valence-electron chi connectivity index (χ1n) is 15.4. The van der Waals surface area contributed by atoms with E-state index in [1.165, 1.54) is 27.4 Å². The standard InChI is InChI=1S/C41H27N5/c1-4-14-28(15-5-1)36-35-22-12-13-27-45(35)41-37(36)33-20-10-11-21-34(33)46(41)32-25-23-31(24-26-32)40-43-38(29-16-6-2-7-17-29)42-39(44-40)30-18-8-3-9-19-30/h1-27H. The van der Waals surface area contributed by atoms with Gasteiger partial charge >= 0.3 is 0 Å². The molecule has 4 aromatic heterocycles. The van der Waals surface area contributed by atoms with E-state index in [2.05, 4.69) is 112 Å². The van der Waals surface area contributed by atoms with E-state index in [1.54, 1.807) is 0 Å². The highest BCUT2D eigenvalue weighted by Gasteiger charge is 2.22. The summed E-state index contributed by atoms with van der Waals surface area (Å²) in [5, 5.41) is 2.47. The van der Waals surface area contributed by atoms with Crippen molar-refractivity contribution in [2.24, 2.45) is 0 Å². The summed E-state index contributed by atoms with van der Waals surface area (Å²) in [7, 11) is 0. The first kappa shape index (κ1) is 26.1. The summed E-state index contributed by atoms with van der Waals surface area (Å²) in [4.78, 5) is 14.7. The smallest absolute Gasteiger partial charge is 0.164 e. The molecule has 0 aliphatic heterocycles. The Morgan fingerprint density at radius 1 is 0.391 bits per heavy atom. The van der Waals surface area contributed by atoms with Crippen LogP contribution in [0.1, 0.15) is 0 Å². The second-order valence-corrected chi connectivity index (χ2v) is 11.3. The van der Waals surface area contributed by atoms with E-state index in [4.69, 9.17) is 15.0 Å². The van der Waals surface area contributed by atoms with Crippen LogP contribution in [0.2, 0.25) is 0 Å². The molecule has 4 heterocycles. The molecule has 0 aliphatic rings. The highest BCUT2D eigenvalue weighted by molar-refractivity contribution is 6.19. The number of benzene rings is 5. The predicted octanol–water partition coefficient (Wildman–Crippen LogP) is 9.89. The molecule has 5 nitrogen and oxygen atoms in total. The molecule has 0 bridgehead atoms. The molecule has 0 radical (unpaired) electrons. The van der Waals surface area contributed by atoms with Gasteiger partial charge < -0.3 is 4.40 Å². The van der Waals surface area contributed by atoms with Crippen LogP contribution in [0, 0.1) is 0 Å². The van der Waals surface area contributed by atoms with Crippen molar-refractivity contribution >= 4 is 27.5 Å². The van der Waals surface area contributed by atoms with Crippen molar-refractivity contribution in [1.29, 1.82) is 0 Å². The molecule has 5 aromatic carbocycles. The Kier molecular flexibility index (Phi) is 6.06. The fourth-order valence-electron chi connectivity index (χ4n) is 6.52. The minimum absolute atomic E-state index is 0.640. The van der Waals surface area contributed by atoms with Crippen LogP contribution in [-0.4, -0.2) is 23.9 Å². The van der Waals surface area contributed by atoms with Gasteiger partial charge in [-0.1, -0.05) is 115 Å². The normalized spacial score (nSPS) is 11.5. The number of hydrogen-bond donors (Lipinski definition) is 0. The molecule has 216 valence electrons. The van der Waals surface area contributed by atoms with E-state index < -0.39 is 0 Å². The average molecular weight is 590 g/mol. The van der Waals surface area contributed by atoms with Crippen molar-refractivity contribution in [3.8, 4) is 51.0 Å². The molecule has 0 amide bonds. The van der Waals surface area contributed by atoms with Gasteiger partial charge in [-0.3, -0.25) is 4.57 Å². The topological polar surface area (TPSA) is 48.0 Å². The average Bonchev–Trinajstić information content (AvgIpc) is 3.65. The van der Waals surface area contributed by atoms with Crippen LogP contribution in [0.3, 0.4) is 0 Å². The van der Waals surface area contributed by atoms with Crippen LogP contribution in [-0.2, 0) is 0 Å². The second kappa shape index (κ2) is 10.7. The molecule has 0 fully saturated rings. The summed E-state index contributed by atoms with van der Waals surface area (Å²) in [5.41, 5.74) is 9.84. The van der Waals surface area contributed by atoms with Gasteiger partial charge in [0.15, 0.2) is 17.5 Å². The van der Waals surface area contributed by atoms with Gasteiger partial charge in [-0.2, -0.15) is 0 Å². The van der Waals surface area contributed by atoms with Crippen LogP contribution < -0.4 is 0 Å². The molecule has 9 rings (SSSR count). The van der Waals surface area contributed by atoms with Crippen molar-refractivity contribution < 1.29 is 0 Å². The van der Waals surface area contributed by atoms with Crippen molar-refractivity contribution in [3.05, 3.63) is 164 Å². The van der Waals surface area contributed by atoms with Gasteiger partial charge in [-0.25, -0.2) is 15.0 Å². The summed E-state index contributed by atoms with van der Waals surface area (Å²) in [5.74, 6) is 1.95. The van der Waals surface area contributed by atoms with Gasteiger partial charge in [-0.05, 0) is 48.0 Å². The fourth-order valence-corrected chi connectivity index (χ4v) is 6.52. The maximum atomic E-state index is 4.94. The third-order valence-electron chi connectivity index (χ3n) is 8.59. The summed E-state index contributed by atoms with van der Waals surface area (Å²) >= 11 is 0. The Morgan fingerprint density at radius 3 is 1.48 bits per heavy atom. The quantitative estimate of drug-likeness (QED) is 0.201. The summed E-state index contributed by atoms with van der Waals surface area (Å²) in [6.07, 6.45) is 2.16. The van der Waals surface area contributed by atoms with Crippen molar-refractivity contribution in [2.45, 2.75) is 0 Å². The second-order valence-electron chi connectivity index (χ2n) is 11.3. The lowest BCUT2D eigenvalue weighted by Gasteiger charge is -2.11. The first-order valence-corrected chi connectivity index (χ1v) is 15.4. The van der Waals surface area contributed by atoms with Crippen LogP contribution in [0.15, 0.2) is 164 Å². The van der Waals surface area contributed by atoms with E-state index in [0.29, 0.717) is 17.5 Å². The van der Waals surface area contributed by atoms with E-state index in [0.717, 1.165) is 33.5 Å². The Morgan fingerprint density at radius 2 is 0.870 bits per heavy atom. The fraction of sp³-hybridized carbons (Fsp3) is 0. The van der Waals surface area contributed by atoms with Gasteiger partial charge in [0.1, 0.15) is 5.65 Å². The zero-order valence-corrected chi connectivity index (χ0v) is 24.8. The first-order chi connectivity index (χ1) is 22.8. The van der Waals surface area contributed by atoms with Gasteiger partial charge in [0.2, 0.25) is 0 Å². The highest BCUT2D eigenvalue weighted by atomic mass is 15.1. The lowest BCUT2D eigenvalue weighted by molar-refractivity contribution is 1.07. The third kappa shape index (κ3) is 4.21. The Labute approximate surface area is 265 Å². The molecule has 0 unspecified atom stereocenters. The van der Waals surface area contributed by atoms with E-state index in [-0.39, 0.29) is 0 Å².